The molecule has 58 heavy (non-hydrogen) atoms. The smallest absolute Gasteiger partial charge is 0.0541 e. The lowest BCUT2D eigenvalue weighted by Crippen LogP contribution is -1.98. The molecule has 11 aromatic rings. The zero-order chi connectivity index (χ0) is 38.7. The van der Waals surface area contributed by atoms with Gasteiger partial charge in [0.2, 0.25) is 0 Å². The van der Waals surface area contributed by atoms with Crippen molar-refractivity contribution in [1.82, 2.24) is 9.13 Å². The Kier molecular flexibility index (Phi) is 7.97. The van der Waals surface area contributed by atoms with Crippen LogP contribution in [0, 0.1) is 13.8 Å². The predicted molar refractivity (Wildman–Crippen MR) is 246 cm³/mol. The summed E-state index contributed by atoms with van der Waals surface area (Å²) in [7, 11) is 0. The SMILES string of the molecule is Cc1cc(-n2c3ccccc3c3cc(-c4ccc5c(c4)c4ccccc4n5-c4ccccc4)ccc32)cc(C)c1-c1cc(-c2ccccc2)cc(-c2ccccc2)c1. The van der Waals surface area contributed by atoms with Gasteiger partial charge in [0.05, 0.1) is 22.1 Å². The lowest BCUT2D eigenvalue weighted by molar-refractivity contribution is 1.16. The average Bonchev–Trinajstić information content (AvgIpc) is 3.79. The summed E-state index contributed by atoms with van der Waals surface area (Å²) < 4.78 is 4.83. The molecule has 2 heterocycles. The number of fused-ring (bicyclic) bond motifs is 6. The van der Waals surface area contributed by atoms with Gasteiger partial charge in [0.25, 0.3) is 0 Å². The van der Waals surface area contributed by atoms with Gasteiger partial charge in [-0.3, -0.25) is 0 Å². The van der Waals surface area contributed by atoms with E-state index in [1.807, 2.05) is 0 Å². The molecule has 2 heteroatoms. The molecule has 0 aliphatic rings. The van der Waals surface area contributed by atoms with E-state index in [0.29, 0.717) is 0 Å². The van der Waals surface area contributed by atoms with E-state index >= 15 is 0 Å². The maximum atomic E-state index is 2.45. The molecule has 0 amide bonds. The third kappa shape index (κ3) is 5.56. The summed E-state index contributed by atoms with van der Waals surface area (Å²) in [6.45, 7) is 4.53. The van der Waals surface area contributed by atoms with Gasteiger partial charge in [0, 0.05) is 32.9 Å². The predicted octanol–water partition coefficient (Wildman–Crippen LogP) is 15.2. The Morgan fingerprint density at radius 2 is 0.655 bits per heavy atom. The first kappa shape index (κ1) is 33.9. The van der Waals surface area contributed by atoms with E-state index in [0.717, 1.165) is 0 Å². The number of nitrogens with zero attached hydrogens (tertiary/aromatic N) is 2. The number of para-hydroxylation sites is 3. The van der Waals surface area contributed by atoms with Gasteiger partial charge in [-0.25, -0.2) is 0 Å². The normalized spacial score (nSPS) is 11.6. The summed E-state index contributed by atoms with van der Waals surface area (Å²) in [5.74, 6) is 0. The molecule has 9 aromatic carbocycles. The number of hydrogen-bond donors (Lipinski definition) is 0. The van der Waals surface area contributed by atoms with Crippen LogP contribution >= 0.6 is 0 Å². The third-order valence-corrected chi connectivity index (χ3v) is 11.9. The summed E-state index contributed by atoms with van der Waals surface area (Å²) >= 11 is 0. The number of aryl methyl sites for hydroxylation is 2. The van der Waals surface area contributed by atoms with E-state index < -0.39 is 0 Å². The fraction of sp³-hybridized carbons (Fsp3) is 0.0357. The molecule has 0 saturated carbocycles. The first-order chi connectivity index (χ1) is 28.6. The second-order valence-corrected chi connectivity index (χ2v) is 15.5. The van der Waals surface area contributed by atoms with Gasteiger partial charge in [0.1, 0.15) is 0 Å². The number of hydrogen-bond acceptors (Lipinski definition) is 0. The molecule has 11 rings (SSSR count). The van der Waals surface area contributed by atoms with E-state index in [2.05, 4.69) is 229 Å². The van der Waals surface area contributed by atoms with Crippen molar-refractivity contribution in [3.8, 4) is 55.9 Å². The van der Waals surface area contributed by atoms with Gasteiger partial charge < -0.3 is 9.13 Å². The van der Waals surface area contributed by atoms with Crippen molar-refractivity contribution >= 4 is 43.6 Å². The minimum absolute atomic E-state index is 1.17. The number of aromatic nitrogens is 2. The van der Waals surface area contributed by atoms with Crippen LogP contribution in [0.4, 0.5) is 0 Å². The second-order valence-electron chi connectivity index (χ2n) is 15.5. The zero-order valence-corrected chi connectivity index (χ0v) is 32.5. The van der Waals surface area contributed by atoms with Gasteiger partial charge >= 0.3 is 0 Å². The van der Waals surface area contributed by atoms with Crippen LogP contribution < -0.4 is 0 Å². The Balaban J connectivity index is 1.04. The topological polar surface area (TPSA) is 9.86 Å². The molecule has 0 spiro atoms. The first-order valence-corrected chi connectivity index (χ1v) is 20.1. The van der Waals surface area contributed by atoms with E-state index in [1.165, 1.54) is 111 Å². The van der Waals surface area contributed by atoms with Crippen molar-refractivity contribution in [1.29, 1.82) is 0 Å². The van der Waals surface area contributed by atoms with E-state index in [4.69, 9.17) is 0 Å². The molecule has 274 valence electrons. The standard InChI is InChI=1S/C56H40N2/c1-37-30-47(31-38(2)56(37)45-33-43(39-16-6-3-7-17-39)32-44(34-45)40-18-8-4-9-19-40)58-53-25-15-13-23-49(53)51-36-42(27-29-55(51)58)41-26-28-54-50(35-41)48-22-12-14-24-52(48)57(54)46-20-10-5-11-21-46/h3-36H,1-2H3. The summed E-state index contributed by atoms with van der Waals surface area (Å²) in [6.07, 6.45) is 0. The lowest BCUT2D eigenvalue weighted by Gasteiger charge is -2.18. The van der Waals surface area contributed by atoms with Gasteiger partial charge in [-0.15, -0.1) is 0 Å². The summed E-state index contributed by atoms with van der Waals surface area (Å²) in [6, 6.07) is 75.4. The van der Waals surface area contributed by atoms with Crippen LogP contribution in [-0.4, -0.2) is 9.13 Å². The highest BCUT2D eigenvalue weighted by Gasteiger charge is 2.18. The molecular weight excluding hydrogens is 701 g/mol. The lowest BCUT2D eigenvalue weighted by atomic mass is 9.89. The highest BCUT2D eigenvalue weighted by Crippen LogP contribution is 2.41. The Labute approximate surface area is 338 Å². The van der Waals surface area contributed by atoms with Crippen LogP contribution in [0.15, 0.2) is 206 Å². The van der Waals surface area contributed by atoms with Crippen molar-refractivity contribution in [2.24, 2.45) is 0 Å². The van der Waals surface area contributed by atoms with Crippen molar-refractivity contribution in [3.63, 3.8) is 0 Å². The molecule has 2 aromatic heterocycles. The maximum Gasteiger partial charge on any atom is 0.0541 e. The molecule has 0 saturated heterocycles. The van der Waals surface area contributed by atoms with Gasteiger partial charge in [-0.2, -0.15) is 0 Å². The number of benzene rings is 9. The zero-order valence-electron chi connectivity index (χ0n) is 32.5. The van der Waals surface area contributed by atoms with Gasteiger partial charge in [-0.1, -0.05) is 127 Å². The van der Waals surface area contributed by atoms with Gasteiger partial charge in [0.15, 0.2) is 0 Å². The minimum Gasteiger partial charge on any atom is -0.309 e. The molecular formula is C56H40N2. The fourth-order valence-corrected chi connectivity index (χ4v) is 9.33. The Morgan fingerprint density at radius 3 is 1.16 bits per heavy atom. The second kappa shape index (κ2) is 13.7. The quantitative estimate of drug-likeness (QED) is 0.161. The summed E-state index contributed by atoms with van der Waals surface area (Å²) in [4.78, 5) is 0. The Bertz CT molecular complexity index is 3250. The van der Waals surface area contributed by atoms with Gasteiger partial charge in [-0.05, 0) is 148 Å². The van der Waals surface area contributed by atoms with Crippen LogP contribution in [0.1, 0.15) is 11.1 Å². The maximum absolute atomic E-state index is 2.45. The van der Waals surface area contributed by atoms with Crippen molar-refractivity contribution in [2.75, 3.05) is 0 Å². The van der Waals surface area contributed by atoms with Crippen LogP contribution in [0.3, 0.4) is 0 Å². The Hall–Kier alpha value is -7.42. The van der Waals surface area contributed by atoms with E-state index in [-0.39, 0.29) is 0 Å². The fourth-order valence-electron chi connectivity index (χ4n) is 9.33. The molecule has 0 N–H and O–H groups in total. The molecule has 0 atom stereocenters. The molecule has 0 fully saturated rings. The highest BCUT2D eigenvalue weighted by atomic mass is 15.0. The van der Waals surface area contributed by atoms with Crippen molar-refractivity contribution in [2.45, 2.75) is 13.8 Å². The molecule has 2 nitrogen and oxygen atoms in total. The molecule has 0 unspecified atom stereocenters. The Morgan fingerprint density at radius 1 is 0.259 bits per heavy atom. The molecule has 0 radical (unpaired) electrons. The van der Waals surface area contributed by atoms with Crippen molar-refractivity contribution < 1.29 is 0 Å². The van der Waals surface area contributed by atoms with Crippen LogP contribution in [0.5, 0.6) is 0 Å². The highest BCUT2D eigenvalue weighted by molar-refractivity contribution is 6.12. The van der Waals surface area contributed by atoms with Crippen LogP contribution in [0.25, 0.3) is 99.5 Å². The largest absolute Gasteiger partial charge is 0.309 e. The molecule has 0 bridgehead atoms. The number of rotatable bonds is 6. The van der Waals surface area contributed by atoms with Crippen LogP contribution in [-0.2, 0) is 0 Å². The van der Waals surface area contributed by atoms with Crippen molar-refractivity contribution in [3.05, 3.63) is 217 Å². The summed E-state index contributed by atoms with van der Waals surface area (Å²) in [5, 5.41) is 5.03. The molecule has 0 aliphatic carbocycles. The monoisotopic (exact) mass is 740 g/mol. The van der Waals surface area contributed by atoms with E-state index in [9.17, 15) is 0 Å². The third-order valence-electron chi connectivity index (χ3n) is 11.9. The molecule has 0 aliphatic heterocycles. The van der Waals surface area contributed by atoms with E-state index in [1.54, 1.807) is 0 Å². The average molecular weight is 741 g/mol. The summed E-state index contributed by atoms with van der Waals surface area (Å²) in [5.41, 5.74) is 19.5. The first-order valence-electron chi connectivity index (χ1n) is 20.1. The van der Waals surface area contributed by atoms with Crippen LogP contribution in [0.2, 0.25) is 0 Å². The minimum atomic E-state index is 1.17.